The largest absolute Gasteiger partial charge is 0.477 e. The normalized spacial score (nSPS) is 19.0. The second-order valence-electron chi connectivity index (χ2n) is 6.25. The van der Waals surface area contributed by atoms with Crippen molar-refractivity contribution in [1.82, 2.24) is 14.5 Å². The van der Waals surface area contributed by atoms with E-state index in [0.29, 0.717) is 29.7 Å². The van der Waals surface area contributed by atoms with Gasteiger partial charge in [0.2, 0.25) is 5.43 Å². The summed E-state index contributed by atoms with van der Waals surface area (Å²) in [4.78, 5) is 34.9. The van der Waals surface area contributed by atoms with Crippen LogP contribution in [0.5, 0.6) is 0 Å². The van der Waals surface area contributed by atoms with Crippen LogP contribution in [0.15, 0.2) is 34.7 Å². The molecule has 3 aromatic heterocycles. The van der Waals surface area contributed by atoms with Crippen molar-refractivity contribution < 1.29 is 14.6 Å². The van der Waals surface area contributed by atoms with Crippen molar-refractivity contribution in [2.45, 2.75) is 12.1 Å². The lowest BCUT2D eigenvalue weighted by atomic mass is 10.2. The summed E-state index contributed by atoms with van der Waals surface area (Å²) in [6.07, 6.45) is 2.78. The number of carbonyl (C=O) groups is 1. The van der Waals surface area contributed by atoms with Crippen molar-refractivity contribution in [3.63, 3.8) is 0 Å². The Hall–Kier alpha value is -2.53. The van der Waals surface area contributed by atoms with Gasteiger partial charge in [-0.1, -0.05) is 0 Å². The number of ether oxygens (including phenoxy) is 1. The number of hydrogen-bond acceptors (Lipinski definition) is 8. The van der Waals surface area contributed by atoms with Gasteiger partial charge in [-0.3, -0.25) is 9.36 Å². The van der Waals surface area contributed by atoms with E-state index in [0.717, 1.165) is 0 Å². The number of carboxylic acids is 1. The number of thiazole rings is 1. The van der Waals surface area contributed by atoms with Crippen LogP contribution < -0.4 is 16.1 Å². The predicted molar refractivity (Wildman–Crippen MR) is 108 cm³/mol. The fraction of sp³-hybridized carbons (Fsp3) is 0.294. The first-order valence-corrected chi connectivity index (χ1v) is 9.10. The minimum absolute atomic E-state index is 0. The summed E-state index contributed by atoms with van der Waals surface area (Å²) < 4.78 is 6.92. The highest BCUT2D eigenvalue weighted by Crippen LogP contribution is 2.24. The number of nitrogens with two attached hydrogens (primary N) is 1. The summed E-state index contributed by atoms with van der Waals surface area (Å²) in [5.41, 5.74) is 5.55. The van der Waals surface area contributed by atoms with E-state index in [1.165, 1.54) is 22.1 Å². The molecular weight excluding hydrogens is 406 g/mol. The molecule has 0 amide bonds. The first-order chi connectivity index (χ1) is 13.0. The van der Waals surface area contributed by atoms with E-state index in [2.05, 4.69) is 9.97 Å². The first-order valence-electron chi connectivity index (χ1n) is 8.22. The van der Waals surface area contributed by atoms with Gasteiger partial charge in [-0.2, -0.15) is 0 Å². The highest BCUT2D eigenvalue weighted by molar-refractivity contribution is 7.12. The Morgan fingerprint density at radius 1 is 1.39 bits per heavy atom. The zero-order chi connectivity index (χ0) is 19.1. The van der Waals surface area contributed by atoms with E-state index in [1.807, 2.05) is 4.90 Å². The standard InChI is InChI=1S/C17H17N5O4S.ClH/c1-26-12-8-21(7-11(12)18)13-3-2-9-14(23)10(16(24)25)6-22(15(9)20-13)17-19-4-5-27-17;/h2-6,11-12H,7-8,18H2,1H3,(H,24,25);1H/t11-,12-;/m0./s1. The van der Waals surface area contributed by atoms with Crippen LogP contribution in [0.2, 0.25) is 0 Å². The SMILES string of the molecule is CO[C@H]1CN(c2ccc3c(=O)c(C(=O)O)cn(-c4nccs4)c3n2)C[C@@H]1N.Cl. The summed E-state index contributed by atoms with van der Waals surface area (Å²) in [5, 5.41) is 11.9. The number of rotatable bonds is 4. The topological polar surface area (TPSA) is 124 Å². The molecule has 0 aromatic carbocycles. The van der Waals surface area contributed by atoms with E-state index in [9.17, 15) is 14.7 Å². The minimum Gasteiger partial charge on any atom is -0.477 e. The minimum atomic E-state index is -1.29. The molecule has 1 fully saturated rings. The van der Waals surface area contributed by atoms with E-state index in [4.69, 9.17) is 10.5 Å². The van der Waals surface area contributed by atoms with Crippen LogP contribution in [0.4, 0.5) is 5.82 Å². The maximum absolute atomic E-state index is 12.6. The van der Waals surface area contributed by atoms with Crippen molar-refractivity contribution >= 4 is 46.6 Å². The quantitative estimate of drug-likeness (QED) is 0.639. The van der Waals surface area contributed by atoms with Crippen molar-refractivity contribution in [1.29, 1.82) is 0 Å². The molecule has 0 bridgehead atoms. The highest BCUT2D eigenvalue weighted by Gasteiger charge is 2.31. The molecule has 1 aliphatic rings. The number of pyridine rings is 2. The number of nitrogens with zero attached hydrogens (tertiary/aromatic N) is 4. The molecule has 2 atom stereocenters. The van der Waals surface area contributed by atoms with Crippen LogP contribution in [-0.2, 0) is 4.74 Å². The number of methoxy groups -OCH3 is 1. The number of carboxylic acid groups (broad SMARTS) is 1. The third-order valence-electron chi connectivity index (χ3n) is 4.63. The van der Waals surface area contributed by atoms with Gasteiger partial charge in [0.25, 0.3) is 0 Å². The van der Waals surface area contributed by atoms with Gasteiger partial charge in [-0.25, -0.2) is 14.8 Å². The number of aromatic nitrogens is 3. The molecule has 3 N–H and O–H groups in total. The molecule has 0 saturated carbocycles. The van der Waals surface area contributed by atoms with Crippen LogP contribution in [0, 0.1) is 0 Å². The van der Waals surface area contributed by atoms with Gasteiger partial charge in [0, 0.05) is 38.0 Å². The number of anilines is 1. The molecular formula is C17H18ClN5O4S. The number of fused-ring (bicyclic) bond motifs is 1. The second-order valence-corrected chi connectivity index (χ2v) is 7.12. The fourth-order valence-corrected chi connectivity index (χ4v) is 3.86. The highest BCUT2D eigenvalue weighted by atomic mass is 35.5. The van der Waals surface area contributed by atoms with E-state index >= 15 is 0 Å². The summed E-state index contributed by atoms with van der Waals surface area (Å²) in [5.74, 6) is -0.644. The monoisotopic (exact) mass is 423 g/mol. The van der Waals surface area contributed by atoms with Gasteiger partial charge in [0.05, 0.1) is 17.5 Å². The third-order valence-corrected chi connectivity index (χ3v) is 5.40. The zero-order valence-corrected chi connectivity index (χ0v) is 16.4. The lowest BCUT2D eigenvalue weighted by molar-refractivity contribution is 0.0695. The number of halogens is 1. The average molecular weight is 424 g/mol. The molecule has 148 valence electrons. The van der Waals surface area contributed by atoms with Gasteiger partial charge in [0.1, 0.15) is 11.4 Å². The molecule has 11 heteroatoms. The predicted octanol–water partition coefficient (Wildman–Crippen LogP) is 1.12. The molecule has 0 aliphatic carbocycles. The average Bonchev–Trinajstić information content (AvgIpc) is 3.31. The molecule has 0 unspecified atom stereocenters. The number of aromatic carboxylic acids is 1. The molecule has 1 aliphatic heterocycles. The second kappa shape index (κ2) is 7.84. The molecule has 9 nitrogen and oxygen atoms in total. The van der Waals surface area contributed by atoms with Crippen LogP contribution in [0.3, 0.4) is 0 Å². The lowest BCUT2D eigenvalue weighted by Crippen LogP contribution is -2.34. The molecule has 3 aromatic rings. The van der Waals surface area contributed by atoms with Gasteiger partial charge in [0.15, 0.2) is 10.8 Å². The fourth-order valence-electron chi connectivity index (χ4n) is 3.24. The Morgan fingerprint density at radius 3 is 2.79 bits per heavy atom. The molecule has 4 heterocycles. The Morgan fingerprint density at radius 2 is 2.18 bits per heavy atom. The Bertz CT molecular complexity index is 1070. The lowest BCUT2D eigenvalue weighted by Gasteiger charge is -2.18. The molecule has 0 radical (unpaired) electrons. The van der Waals surface area contributed by atoms with Crippen molar-refractivity contribution in [3.05, 3.63) is 45.7 Å². The maximum atomic E-state index is 12.6. The Kier molecular flexibility index (Phi) is 5.66. The molecule has 1 saturated heterocycles. The maximum Gasteiger partial charge on any atom is 0.341 e. The number of hydrogen-bond donors (Lipinski definition) is 2. The van der Waals surface area contributed by atoms with Gasteiger partial charge < -0.3 is 20.5 Å². The van der Waals surface area contributed by atoms with Crippen LogP contribution >= 0.6 is 23.7 Å². The van der Waals surface area contributed by atoms with Crippen LogP contribution in [0.1, 0.15) is 10.4 Å². The first kappa shape index (κ1) is 20.2. The van der Waals surface area contributed by atoms with E-state index in [1.54, 1.807) is 30.8 Å². The summed E-state index contributed by atoms with van der Waals surface area (Å²) in [7, 11) is 1.62. The van der Waals surface area contributed by atoms with E-state index < -0.39 is 11.4 Å². The summed E-state index contributed by atoms with van der Waals surface area (Å²) in [6, 6.07) is 3.16. The van der Waals surface area contributed by atoms with Gasteiger partial charge in [-0.15, -0.1) is 23.7 Å². The summed E-state index contributed by atoms with van der Waals surface area (Å²) in [6.45, 7) is 1.16. The van der Waals surface area contributed by atoms with Crippen LogP contribution in [0.25, 0.3) is 16.2 Å². The Labute approximate surface area is 169 Å². The summed E-state index contributed by atoms with van der Waals surface area (Å²) >= 11 is 1.32. The smallest absolute Gasteiger partial charge is 0.341 e. The molecule has 28 heavy (non-hydrogen) atoms. The van der Waals surface area contributed by atoms with Gasteiger partial charge >= 0.3 is 5.97 Å². The van der Waals surface area contributed by atoms with E-state index in [-0.39, 0.29) is 35.5 Å². The Balaban J connectivity index is 0.00000225. The van der Waals surface area contributed by atoms with Crippen molar-refractivity contribution in [2.24, 2.45) is 5.73 Å². The zero-order valence-electron chi connectivity index (χ0n) is 14.8. The van der Waals surface area contributed by atoms with Crippen molar-refractivity contribution in [2.75, 3.05) is 25.1 Å². The molecule has 0 spiro atoms. The van der Waals surface area contributed by atoms with Crippen molar-refractivity contribution in [3.8, 4) is 5.13 Å². The third kappa shape index (κ3) is 3.35. The van der Waals surface area contributed by atoms with Crippen LogP contribution in [-0.4, -0.2) is 58.0 Å². The molecule has 4 rings (SSSR count). The van der Waals surface area contributed by atoms with Gasteiger partial charge in [-0.05, 0) is 12.1 Å².